The minimum Gasteiger partial charge on any atom is -0.353 e. The van der Waals surface area contributed by atoms with Gasteiger partial charge >= 0.3 is 0 Å². The van der Waals surface area contributed by atoms with E-state index in [-0.39, 0.29) is 17.6 Å². The normalized spacial score (nSPS) is 11.8. The summed E-state index contributed by atoms with van der Waals surface area (Å²) in [6.45, 7) is 7.85. The molecule has 0 amide bonds. The van der Waals surface area contributed by atoms with E-state index in [0.717, 1.165) is 6.07 Å². The first-order chi connectivity index (χ1) is 8.40. The molecule has 0 saturated heterocycles. The Labute approximate surface area is 105 Å². The van der Waals surface area contributed by atoms with E-state index in [1.165, 1.54) is 6.07 Å². The van der Waals surface area contributed by atoms with Crippen molar-refractivity contribution >= 4 is 17.0 Å². The molecule has 0 aliphatic heterocycles. The van der Waals surface area contributed by atoms with Gasteiger partial charge in [0.1, 0.15) is 11.3 Å². The summed E-state index contributed by atoms with van der Waals surface area (Å²) in [7, 11) is 0. The van der Waals surface area contributed by atoms with Gasteiger partial charge in [0.2, 0.25) is 5.95 Å². The first kappa shape index (κ1) is 12.8. The van der Waals surface area contributed by atoms with Crippen LogP contribution in [0.15, 0.2) is 12.1 Å². The number of aromatic nitrogens is 2. The van der Waals surface area contributed by atoms with Crippen molar-refractivity contribution in [2.75, 3.05) is 5.32 Å². The van der Waals surface area contributed by atoms with Gasteiger partial charge in [0, 0.05) is 24.2 Å². The van der Waals surface area contributed by atoms with Crippen LogP contribution < -0.4 is 5.32 Å². The zero-order chi connectivity index (χ0) is 13.4. The summed E-state index contributed by atoms with van der Waals surface area (Å²) in [5.41, 5.74) is 0.680. The fourth-order valence-corrected chi connectivity index (χ4v) is 2.00. The molecule has 0 aliphatic carbocycles. The Hall–Kier alpha value is -1.65. The van der Waals surface area contributed by atoms with Crippen molar-refractivity contribution < 1.29 is 8.78 Å². The van der Waals surface area contributed by atoms with Crippen LogP contribution in [-0.4, -0.2) is 15.6 Å². The van der Waals surface area contributed by atoms with Crippen LogP contribution in [-0.2, 0) is 0 Å². The smallest absolute Gasteiger partial charge is 0.204 e. The van der Waals surface area contributed by atoms with Crippen LogP contribution in [0.4, 0.5) is 14.7 Å². The molecule has 2 rings (SSSR count). The predicted octanol–water partition coefficient (Wildman–Crippen LogP) is 3.72. The third kappa shape index (κ3) is 2.17. The number of anilines is 1. The topological polar surface area (TPSA) is 29.9 Å². The first-order valence-corrected chi connectivity index (χ1v) is 6.03. The van der Waals surface area contributed by atoms with E-state index in [2.05, 4.69) is 10.3 Å². The van der Waals surface area contributed by atoms with Crippen molar-refractivity contribution in [1.82, 2.24) is 9.55 Å². The molecule has 0 fully saturated rings. The van der Waals surface area contributed by atoms with Gasteiger partial charge in [0.25, 0.3) is 0 Å². The van der Waals surface area contributed by atoms with Crippen molar-refractivity contribution in [3.8, 4) is 0 Å². The SMILES string of the molecule is CC(C)Nc1nc2c(F)cc(F)cc2n1C(C)C. The lowest BCUT2D eigenvalue weighted by atomic mass is 10.2. The van der Waals surface area contributed by atoms with Crippen LogP contribution in [0.1, 0.15) is 33.7 Å². The maximum atomic E-state index is 13.7. The van der Waals surface area contributed by atoms with Crippen LogP contribution in [0, 0.1) is 11.6 Å². The zero-order valence-electron chi connectivity index (χ0n) is 11.0. The highest BCUT2D eigenvalue weighted by Crippen LogP contribution is 2.27. The second-order valence-corrected chi connectivity index (χ2v) is 4.95. The second kappa shape index (κ2) is 4.55. The first-order valence-electron chi connectivity index (χ1n) is 6.03. The Morgan fingerprint density at radius 2 is 1.83 bits per heavy atom. The molecule has 0 aliphatic rings. The molecule has 1 heterocycles. The standard InChI is InChI=1S/C13H17F2N3/c1-7(2)16-13-17-12-10(15)5-9(14)6-11(12)18(13)8(3)4/h5-8H,1-4H3,(H,16,17). The number of nitrogens with zero attached hydrogens (tertiary/aromatic N) is 2. The average Bonchev–Trinajstić information content (AvgIpc) is 2.54. The lowest BCUT2D eigenvalue weighted by molar-refractivity contribution is 0.586. The molecular formula is C13H17F2N3. The van der Waals surface area contributed by atoms with Gasteiger partial charge in [-0.3, -0.25) is 0 Å². The highest BCUT2D eigenvalue weighted by molar-refractivity contribution is 5.79. The Balaban J connectivity index is 2.71. The minimum absolute atomic E-state index is 0.0671. The van der Waals surface area contributed by atoms with E-state index in [1.807, 2.05) is 32.3 Å². The van der Waals surface area contributed by atoms with Crippen LogP contribution in [0.3, 0.4) is 0 Å². The van der Waals surface area contributed by atoms with Crippen LogP contribution in [0.2, 0.25) is 0 Å². The van der Waals surface area contributed by atoms with E-state index < -0.39 is 11.6 Å². The Morgan fingerprint density at radius 1 is 1.17 bits per heavy atom. The minimum atomic E-state index is -0.629. The molecule has 18 heavy (non-hydrogen) atoms. The summed E-state index contributed by atoms with van der Waals surface area (Å²) in [6, 6.07) is 2.42. The predicted molar refractivity (Wildman–Crippen MR) is 68.8 cm³/mol. The van der Waals surface area contributed by atoms with E-state index in [0.29, 0.717) is 11.5 Å². The summed E-state index contributed by atoms with van der Waals surface area (Å²) in [5, 5.41) is 3.15. The van der Waals surface area contributed by atoms with E-state index >= 15 is 0 Å². The molecule has 1 aromatic carbocycles. The lowest BCUT2D eigenvalue weighted by Crippen LogP contribution is -2.15. The summed E-state index contributed by atoms with van der Waals surface area (Å²) in [5.74, 6) is -0.645. The Bertz CT molecular complexity index is 573. The largest absolute Gasteiger partial charge is 0.353 e. The van der Waals surface area contributed by atoms with Gasteiger partial charge < -0.3 is 9.88 Å². The van der Waals surface area contributed by atoms with Gasteiger partial charge in [-0.25, -0.2) is 13.8 Å². The molecule has 0 bridgehead atoms. The summed E-state index contributed by atoms with van der Waals surface area (Å²) in [6.07, 6.45) is 0. The molecule has 0 spiro atoms. The van der Waals surface area contributed by atoms with Gasteiger partial charge in [0.05, 0.1) is 5.52 Å². The van der Waals surface area contributed by atoms with Crippen LogP contribution in [0.5, 0.6) is 0 Å². The number of halogens is 2. The lowest BCUT2D eigenvalue weighted by Gasteiger charge is -2.15. The van der Waals surface area contributed by atoms with Gasteiger partial charge in [-0.05, 0) is 27.7 Å². The van der Waals surface area contributed by atoms with Gasteiger partial charge in [0.15, 0.2) is 5.82 Å². The fraction of sp³-hybridized carbons (Fsp3) is 0.462. The van der Waals surface area contributed by atoms with Crippen molar-refractivity contribution in [2.24, 2.45) is 0 Å². The molecule has 98 valence electrons. The van der Waals surface area contributed by atoms with Gasteiger partial charge in [-0.2, -0.15) is 0 Å². The molecule has 1 N–H and O–H groups in total. The van der Waals surface area contributed by atoms with E-state index in [9.17, 15) is 8.78 Å². The monoisotopic (exact) mass is 253 g/mol. The highest BCUT2D eigenvalue weighted by atomic mass is 19.1. The third-order valence-corrected chi connectivity index (χ3v) is 2.65. The second-order valence-electron chi connectivity index (χ2n) is 4.95. The Kier molecular flexibility index (Phi) is 3.24. The van der Waals surface area contributed by atoms with Crippen LogP contribution in [0.25, 0.3) is 11.0 Å². The van der Waals surface area contributed by atoms with Crippen molar-refractivity contribution in [1.29, 1.82) is 0 Å². The number of hydrogen-bond acceptors (Lipinski definition) is 2. The highest BCUT2D eigenvalue weighted by Gasteiger charge is 2.17. The number of nitrogens with one attached hydrogen (secondary N) is 1. The number of rotatable bonds is 3. The maximum Gasteiger partial charge on any atom is 0.204 e. The Morgan fingerprint density at radius 3 is 2.39 bits per heavy atom. The average molecular weight is 253 g/mol. The van der Waals surface area contributed by atoms with E-state index in [4.69, 9.17) is 0 Å². The molecule has 0 unspecified atom stereocenters. The van der Waals surface area contributed by atoms with Gasteiger partial charge in [-0.15, -0.1) is 0 Å². The maximum absolute atomic E-state index is 13.7. The van der Waals surface area contributed by atoms with Crippen molar-refractivity contribution in [2.45, 2.75) is 39.8 Å². The fourth-order valence-electron chi connectivity index (χ4n) is 2.00. The quantitative estimate of drug-likeness (QED) is 0.903. The number of benzene rings is 1. The van der Waals surface area contributed by atoms with E-state index in [1.54, 1.807) is 0 Å². The molecule has 1 aromatic heterocycles. The molecule has 3 nitrogen and oxygen atoms in total. The number of hydrogen-bond donors (Lipinski definition) is 1. The molecule has 2 aromatic rings. The number of imidazole rings is 1. The molecule has 0 atom stereocenters. The molecule has 0 saturated carbocycles. The molecule has 0 radical (unpaired) electrons. The molecular weight excluding hydrogens is 236 g/mol. The van der Waals surface area contributed by atoms with Crippen molar-refractivity contribution in [3.05, 3.63) is 23.8 Å². The van der Waals surface area contributed by atoms with Crippen LogP contribution >= 0.6 is 0 Å². The summed E-state index contributed by atoms with van der Waals surface area (Å²) >= 11 is 0. The van der Waals surface area contributed by atoms with Crippen molar-refractivity contribution in [3.63, 3.8) is 0 Å². The summed E-state index contributed by atoms with van der Waals surface area (Å²) < 4.78 is 28.8. The number of fused-ring (bicyclic) bond motifs is 1. The third-order valence-electron chi connectivity index (χ3n) is 2.65. The zero-order valence-corrected chi connectivity index (χ0v) is 11.0. The molecule has 5 heteroatoms. The van der Waals surface area contributed by atoms with Gasteiger partial charge in [-0.1, -0.05) is 0 Å². The summed E-state index contributed by atoms with van der Waals surface area (Å²) in [4.78, 5) is 4.22.